The highest BCUT2D eigenvalue weighted by molar-refractivity contribution is 5.75. The molecule has 0 saturated carbocycles. The van der Waals surface area contributed by atoms with E-state index in [9.17, 15) is 9.18 Å². The number of methoxy groups -OCH3 is 1. The average Bonchev–Trinajstić information content (AvgIpc) is 2.47. The number of carbonyl (C=O) groups is 1. The molecule has 1 fully saturated rings. The molecule has 0 unspecified atom stereocenters. The third-order valence-electron chi connectivity index (χ3n) is 3.65. The summed E-state index contributed by atoms with van der Waals surface area (Å²) in [7, 11) is 1.37. The molecule has 1 heterocycles. The maximum Gasteiger partial charge on any atom is 0.323 e. The van der Waals surface area contributed by atoms with Crippen molar-refractivity contribution in [2.75, 3.05) is 13.7 Å². The zero-order valence-corrected chi connectivity index (χ0v) is 11.4. The van der Waals surface area contributed by atoms with Crippen molar-refractivity contribution in [3.63, 3.8) is 0 Å². The predicted octanol–water partition coefficient (Wildman–Crippen LogP) is 2.22. The van der Waals surface area contributed by atoms with Crippen LogP contribution in [0.25, 0.3) is 0 Å². The lowest BCUT2D eigenvalue weighted by atomic mass is 10.00. The number of rotatable bonds is 3. The summed E-state index contributed by atoms with van der Waals surface area (Å²) in [4.78, 5) is 13.7. The Morgan fingerprint density at radius 1 is 1.55 bits per heavy atom. The van der Waals surface area contributed by atoms with Crippen molar-refractivity contribution in [3.05, 3.63) is 35.1 Å². The van der Waals surface area contributed by atoms with Crippen LogP contribution in [-0.2, 0) is 16.1 Å². The van der Waals surface area contributed by atoms with E-state index in [0.29, 0.717) is 17.7 Å². The maximum atomic E-state index is 13.3. The zero-order chi connectivity index (χ0) is 14.5. The molecule has 0 amide bonds. The fourth-order valence-corrected chi connectivity index (χ4v) is 2.60. The Labute approximate surface area is 117 Å². The van der Waals surface area contributed by atoms with E-state index in [1.165, 1.54) is 25.3 Å². The lowest BCUT2D eigenvalue weighted by molar-refractivity contribution is -0.148. The van der Waals surface area contributed by atoms with Crippen LogP contribution < -0.4 is 0 Å². The van der Waals surface area contributed by atoms with E-state index in [-0.39, 0.29) is 17.8 Å². The van der Waals surface area contributed by atoms with Gasteiger partial charge in [0.1, 0.15) is 11.9 Å². The zero-order valence-electron chi connectivity index (χ0n) is 11.4. The van der Waals surface area contributed by atoms with Crippen LogP contribution in [0.5, 0.6) is 0 Å². The molecule has 0 N–H and O–H groups in total. The largest absolute Gasteiger partial charge is 0.468 e. The molecular weight excluding hydrogens is 259 g/mol. The summed E-state index contributed by atoms with van der Waals surface area (Å²) >= 11 is 0. The number of likely N-dealkylation sites (tertiary alicyclic amines) is 1. The van der Waals surface area contributed by atoms with Crippen molar-refractivity contribution in [1.29, 1.82) is 5.26 Å². The second-order valence-electron chi connectivity index (χ2n) is 4.92. The smallest absolute Gasteiger partial charge is 0.323 e. The standard InChI is InChI=1S/C15H17FN2O2/c1-20-15(19)14-4-2-3-7-18(14)10-12-8-13(16)6-5-11(12)9-17/h5-6,8,14H,2-4,7,10H2,1H3/t14-/m1/s1. The Morgan fingerprint density at radius 3 is 3.05 bits per heavy atom. The van der Waals surface area contributed by atoms with E-state index in [0.717, 1.165) is 25.8 Å². The molecule has 0 aromatic heterocycles. The Bertz CT molecular complexity index is 539. The van der Waals surface area contributed by atoms with Gasteiger partial charge in [-0.3, -0.25) is 9.69 Å². The Morgan fingerprint density at radius 2 is 2.35 bits per heavy atom. The van der Waals surface area contributed by atoms with Crippen LogP contribution in [0, 0.1) is 17.1 Å². The van der Waals surface area contributed by atoms with Gasteiger partial charge >= 0.3 is 5.97 Å². The number of halogens is 1. The van der Waals surface area contributed by atoms with Crippen molar-refractivity contribution in [2.24, 2.45) is 0 Å². The van der Waals surface area contributed by atoms with Gasteiger partial charge in [-0.15, -0.1) is 0 Å². The van der Waals surface area contributed by atoms with Gasteiger partial charge in [0.2, 0.25) is 0 Å². The van der Waals surface area contributed by atoms with Crippen molar-refractivity contribution in [2.45, 2.75) is 31.8 Å². The minimum absolute atomic E-state index is 0.264. The highest BCUT2D eigenvalue weighted by Crippen LogP contribution is 2.22. The lowest BCUT2D eigenvalue weighted by Gasteiger charge is -2.33. The van der Waals surface area contributed by atoms with E-state index in [1.54, 1.807) is 0 Å². The SMILES string of the molecule is COC(=O)[C@H]1CCCCN1Cc1cc(F)ccc1C#N. The van der Waals surface area contributed by atoms with Gasteiger partial charge in [0.25, 0.3) is 0 Å². The molecule has 20 heavy (non-hydrogen) atoms. The minimum atomic E-state index is -0.370. The average molecular weight is 276 g/mol. The third kappa shape index (κ3) is 3.14. The molecule has 1 atom stereocenters. The molecule has 106 valence electrons. The van der Waals surface area contributed by atoms with Gasteiger partial charge in [0.05, 0.1) is 18.7 Å². The Kier molecular flexibility index (Phi) is 4.70. The Balaban J connectivity index is 2.21. The monoisotopic (exact) mass is 276 g/mol. The maximum absolute atomic E-state index is 13.3. The first-order valence-corrected chi connectivity index (χ1v) is 6.66. The molecule has 0 spiro atoms. The number of esters is 1. The number of carbonyl (C=O) groups excluding carboxylic acids is 1. The fourth-order valence-electron chi connectivity index (χ4n) is 2.60. The summed E-state index contributed by atoms with van der Waals surface area (Å²) in [5.74, 6) is -0.634. The van der Waals surface area contributed by atoms with E-state index < -0.39 is 0 Å². The lowest BCUT2D eigenvalue weighted by Crippen LogP contribution is -2.44. The number of nitrogens with zero attached hydrogens (tertiary/aromatic N) is 2. The summed E-state index contributed by atoms with van der Waals surface area (Å²) in [6.07, 6.45) is 2.71. The van der Waals surface area contributed by atoms with Crippen LogP contribution in [-0.4, -0.2) is 30.6 Å². The number of ether oxygens (including phenoxy) is 1. The number of hydrogen-bond acceptors (Lipinski definition) is 4. The summed E-state index contributed by atoms with van der Waals surface area (Å²) in [5.41, 5.74) is 1.06. The van der Waals surface area contributed by atoms with Crippen LogP contribution in [0.2, 0.25) is 0 Å². The normalized spacial score (nSPS) is 19.4. The molecule has 2 rings (SSSR count). The third-order valence-corrected chi connectivity index (χ3v) is 3.65. The quantitative estimate of drug-likeness (QED) is 0.794. The summed E-state index contributed by atoms with van der Waals surface area (Å²) in [6.45, 7) is 1.14. The summed E-state index contributed by atoms with van der Waals surface area (Å²) in [5, 5.41) is 9.08. The van der Waals surface area contributed by atoms with Crippen molar-refractivity contribution in [1.82, 2.24) is 4.90 Å². The molecule has 4 nitrogen and oxygen atoms in total. The molecular formula is C15H17FN2O2. The second-order valence-corrected chi connectivity index (χ2v) is 4.92. The number of hydrogen-bond donors (Lipinski definition) is 0. The first kappa shape index (κ1) is 14.5. The second kappa shape index (κ2) is 6.49. The molecule has 1 saturated heterocycles. The predicted molar refractivity (Wildman–Crippen MR) is 71.2 cm³/mol. The highest BCUT2D eigenvalue weighted by atomic mass is 19.1. The Hall–Kier alpha value is -1.93. The van der Waals surface area contributed by atoms with Gasteiger partial charge < -0.3 is 4.74 Å². The van der Waals surface area contributed by atoms with Gasteiger partial charge in [0, 0.05) is 6.54 Å². The number of nitriles is 1. The van der Waals surface area contributed by atoms with E-state index in [1.807, 2.05) is 4.90 Å². The van der Waals surface area contributed by atoms with Crippen LogP contribution in [0.3, 0.4) is 0 Å². The molecule has 0 radical (unpaired) electrons. The van der Waals surface area contributed by atoms with Crippen LogP contribution in [0.1, 0.15) is 30.4 Å². The first-order chi connectivity index (χ1) is 9.65. The van der Waals surface area contributed by atoms with E-state index in [2.05, 4.69) is 6.07 Å². The van der Waals surface area contributed by atoms with Gasteiger partial charge in [0.15, 0.2) is 0 Å². The molecule has 1 aliphatic heterocycles. The van der Waals surface area contributed by atoms with Gasteiger partial charge in [-0.2, -0.15) is 5.26 Å². The summed E-state index contributed by atoms with van der Waals surface area (Å²) in [6, 6.07) is 5.87. The highest BCUT2D eigenvalue weighted by Gasteiger charge is 2.29. The molecule has 0 aliphatic carbocycles. The van der Waals surface area contributed by atoms with Crippen molar-refractivity contribution < 1.29 is 13.9 Å². The topological polar surface area (TPSA) is 53.3 Å². The minimum Gasteiger partial charge on any atom is -0.468 e. The first-order valence-electron chi connectivity index (χ1n) is 6.66. The number of piperidine rings is 1. The van der Waals surface area contributed by atoms with Gasteiger partial charge in [-0.1, -0.05) is 6.42 Å². The van der Waals surface area contributed by atoms with Crippen molar-refractivity contribution >= 4 is 5.97 Å². The summed E-state index contributed by atoms with van der Waals surface area (Å²) < 4.78 is 18.2. The van der Waals surface area contributed by atoms with E-state index >= 15 is 0 Å². The molecule has 0 bridgehead atoms. The van der Waals surface area contributed by atoms with Gasteiger partial charge in [-0.05, 0) is 43.1 Å². The fraction of sp³-hybridized carbons (Fsp3) is 0.467. The van der Waals surface area contributed by atoms with Crippen molar-refractivity contribution in [3.8, 4) is 6.07 Å². The van der Waals surface area contributed by atoms with Crippen LogP contribution >= 0.6 is 0 Å². The van der Waals surface area contributed by atoms with Crippen LogP contribution in [0.4, 0.5) is 4.39 Å². The van der Waals surface area contributed by atoms with E-state index in [4.69, 9.17) is 10.00 Å². The van der Waals surface area contributed by atoms with Gasteiger partial charge in [-0.25, -0.2) is 4.39 Å². The molecule has 1 aromatic carbocycles. The molecule has 1 aliphatic rings. The number of benzene rings is 1. The van der Waals surface area contributed by atoms with Crippen LogP contribution in [0.15, 0.2) is 18.2 Å². The molecule has 1 aromatic rings. The molecule has 5 heteroatoms.